The van der Waals surface area contributed by atoms with E-state index in [1.54, 1.807) is 0 Å². The molecule has 0 aliphatic carbocycles. The SMILES string of the molecule is Cn1c(-c2cccc([Si](c3ccccc3)(c3ccccc3)c3ccc4c5cc6c(cc5n(-c5ccccn5)c4c3)sc3ccccc36)c2)nc2ccccc21. The molecule has 260 valence electrons. The molecule has 0 aliphatic rings. The number of benzene rings is 7. The van der Waals surface area contributed by atoms with Crippen LogP contribution >= 0.6 is 11.3 Å². The van der Waals surface area contributed by atoms with E-state index in [9.17, 15) is 0 Å². The van der Waals surface area contributed by atoms with Gasteiger partial charge in [0.15, 0.2) is 8.07 Å². The summed E-state index contributed by atoms with van der Waals surface area (Å²) in [5, 5.41) is 10.3. The average molecular weight is 739 g/mol. The van der Waals surface area contributed by atoms with Gasteiger partial charge in [-0.05, 0) is 69.3 Å². The fourth-order valence-electron chi connectivity index (χ4n) is 8.87. The first-order chi connectivity index (χ1) is 27.2. The van der Waals surface area contributed by atoms with E-state index in [1.807, 2.05) is 23.6 Å². The molecule has 4 heterocycles. The number of fused-ring (bicyclic) bond motifs is 7. The highest BCUT2D eigenvalue weighted by Crippen LogP contribution is 2.40. The standard InChI is InChI=1S/C49H34N4SSi/c1-52-43-23-10-9-22-42(43)51-49(52)33-15-14-20-36(29-33)55(34-16-4-2-5-17-34,35-18-6-3-7-19-35)37-26-27-38-40-31-41-39-21-8-11-24-46(39)54-47(41)32-45(40)53(44(38)30-37)48-25-12-13-28-50-48/h2-32H,1H3. The third kappa shape index (κ3) is 4.82. The van der Waals surface area contributed by atoms with Crippen LogP contribution in [0.25, 0.3) is 70.2 Å². The minimum Gasteiger partial charge on any atom is -0.327 e. The summed E-state index contributed by atoms with van der Waals surface area (Å²) in [6.07, 6.45) is 1.90. The number of aryl methyl sites for hydroxylation is 1. The average Bonchev–Trinajstić information content (AvgIpc) is 3.90. The molecule has 0 unspecified atom stereocenters. The highest BCUT2D eigenvalue weighted by molar-refractivity contribution is 7.26. The maximum absolute atomic E-state index is 5.14. The summed E-state index contributed by atoms with van der Waals surface area (Å²) in [6.45, 7) is 0. The second kappa shape index (κ2) is 12.5. The van der Waals surface area contributed by atoms with Crippen LogP contribution in [0.4, 0.5) is 0 Å². The maximum Gasteiger partial charge on any atom is 0.179 e. The van der Waals surface area contributed by atoms with Crippen LogP contribution in [0.15, 0.2) is 188 Å². The van der Waals surface area contributed by atoms with E-state index in [1.165, 1.54) is 57.2 Å². The minimum atomic E-state index is -2.95. The smallest absolute Gasteiger partial charge is 0.179 e. The molecule has 0 spiro atoms. The third-order valence-electron chi connectivity index (χ3n) is 11.3. The van der Waals surface area contributed by atoms with E-state index in [0.29, 0.717) is 0 Å². The van der Waals surface area contributed by atoms with Crippen molar-refractivity contribution < 1.29 is 0 Å². The molecular formula is C49H34N4SSi. The van der Waals surface area contributed by atoms with Crippen LogP contribution in [0, 0.1) is 0 Å². The lowest BCUT2D eigenvalue weighted by Gasteiger charge is -2.34. The molecule has 0 bridgehead atoms. The van der Waals surface area contributed by atoms with Crippen molar-refractivity contribution in [2.45, 2.75) is 0 Å². The van der Waals surface area contributed by atoms with Crippen molar-refractivity contribution in [2.75, 3.05) is 0 Å². The number of rotatable bonds is 6. The highest BCUT2D eigenvalue weighted by Gasteiger charge is 2.42. The van der Waals surface area contributed by atoms with E-state index in [4.69, 9.17) is 9.97 Å². The molecule has 4 nitrogen and oxygen atoms in total. The Hall–Kier alpha value is -6.60. The molecule has 7 aromatic carbocycles. The monoisotopic (exact) mass is 738 g/mol. The maximum atomic E-state index is 5.14. The summed E-state index contributed by atoms with van der Waals surface area (Å²) in [7, 11) is -0.832. The fourth-order valence-corrected chi connectivity index (χ4v) is 14.8. The van der Waals surface area contributed by atoms with Gasteiger partial charge in [-0.25, -0.2) is 9.97 Å². The normalized spacial score (nSPS) is 12.1. The van der Waals surface area contributed by atoms with Crippen molar-refractivity contribution in [3.05, 3.63) is 188 Å². The Balaban J connectivity index is 1.24. The highest BCUT2D eigenvalue weighted by atomic mass is 32.1. The molecule has 11 rings (SSSR count). The van der Waals surface area contributed by atoms with Crippen LogP contribution in [-0.4, -0.2) is 27.2 Å². The van der Waals surface area contributed by atoms with Crippen LogP contribution < -0.4 is 20.7 Å². The fraction of sp³-hybridized carbons (Fsp3) is 0.0204. The predicted octanol–water partition coefficient (Wildman–Crippen LogP) is 9.48. The molecule has 6 heteroatoms. The number of aromatic nitrogens is 4. The number of imidazole rings is 1. The first-order valence-corrected chi connectivity index (χ1v) is 21.4. The van der Waals surface area contributed by atoms with Crippen molar-refractivity contribution in [1.29, 1.82) is 0 Å². The van der Waals surface area contributed by atoms with Gasteiger partial charge in [0.25, 0.3) is 0 Å². The van der Waals surface area contributed by atoms with Gasteiger partial charge in [-0.1, -0.05) is 133 Å². The van der Waals surface area contributed by atoms with E-state index in [0.717, 1.165) is 33.8 Å². The van der Waals surface area contributed by atoms with Crippen LogP contribution in [0.5, 0.6) is 0 Å². The van der Waals surface area contributed by atoms with Crippen molar-refractivity contribution >= 4 is 93.2 Å². The lowest BCUT2D eigenvalue weighted by atomic mass is 10.1. The van der Waals surface area contributed by atoms with Gasteiger partial charge < -0.3 is 4.57 Å². The zero-order valence-corrected chi connectivity index (χ0v) is 31.9. The largest absolute Gasteiger partial charge is 0.327 e. The lowest BCUT2D eigenvalue weighted by molar-refractivity contribution is 0.959. The van der Waals surface area contributed by atoms with E-state index >= 15 is 0 Å². The summed E-state index contributed by atoms with van der Waals surface area (Å²) >= 11 is 1.86. The van der Waals surface area contributed by atoms with Crippen molar-refractivity contribution in [3.8, 4) is 17.2 Å². The molecule has 0 radical (unpaired) electrons. The van der Waals surface area contributed by atoms with Gasteiger partial charge in [-0.2, -0.15) is 0 Å². The Morgan fingerprint density at radius 1 is 0.473 bits per heavy atom. The van der Waals surface area contributed by atoms with Crippen molar-refractivity contribution in [1.82, 2.24) is 19.1 Å². The Kier molecular flexibility index (Phi) is 7.24. The van der Waals surface area contributed by atoms with E-state index in [2.05, 4.69) is 192 Å². The summed E-state index contributed by atoms with van der Waals surface area (Å²) in [6, 6.07) is 66.9. The first kappa shape index (κ1) is 31.9. The second-order valence-electron chi connectivity index (χ2n) is 14.3. The Morgan fingerprint density at radius 3 is 1.95 bits per heavy atom. The number of hydrogen-bond acceptors (Lipinski definition) is 3. The summed E-state index contributed by atoms with van der Waals surface area (Å²) < 4.78 is 7.19. The Labute approximate surface area is 323 Å². The topological polar surface area (TPSA) is 35.6 Å². The van der Waals surface area contributed by atoms with Crippen molar-refractivity contribution in [2.24, 2.45) is 7.05 Å². The molecule has 0 saturated carbocycles. The van der Waals surface area contributed by atoms with Crippen LogP contribution in [0.1, 0.15) is 0 Å². The van der Waals surface area contributed by atoms with Crippen LogP contribution in [0.2, 0.25) is 0 Å². The number of thiophene rings is 1. The second-order valence-corrected chi connectivity index (χ2v) is 19.2. The van der Waals surface area contributed by atoms with Gasteiger partial charge in [0.2, 0.25) is 0 Å². The number of hydrogen-bond donors (Lipinski definition) is 0. The van der Waals surface area contributed by atoms with Gasteiger partial charge in [0.05, 0.1) is 22.1 Å². The number of nitrogens with zero attached hydrogens (tertiary/aromatic N) is 4. The zero-order valence-electron chi connectivity index (χ0n) is 30.1. The molecule has 11 aromatic rings. The summed E-state index contributed by atoms with van der Waals surface area (Å²) in [5.41, 5.74) is 5.55. The third-order valence-corrected chi connectivity index (χ3v) is 17.2. The van der Waals surface area contributed by atoms with Gasteiger partial charge in [-0.3, -0.25) is 4.57 Å². The molecule has 55 heavy (non-hydrogen) atoms. The minimum absolute atomic E-state index is 0.913. The van der Waals surface area contributed by atoms with Gasteiger partial charge >= 0.3 is 0 Å². The first-order valence-electron chi connectivity index (χ1n) is 18.6. The Bertz CT molecular complexity index is 3180. The molecule has 0 saturated heterocycles. The van der Waals surface area contributed by atoms with Gasteiger partial charge in [0.1, 0.15) is 11.6 Å². The summed E-state index contributed by atoms with van der Waals surface area (Å²) in [4.78, 5) is 10.1. The molecule has 0 fully saturated rings. The molecule has 0 atom stereocenters. The predicted molar refractivity (Wildman–Crippen MR) is 235 cm³/mol. The zero-order chi connectivity index (χ0) is 36.5. The quantitative estimate of drug-likeness (QED) is 0.126. The molecular weight excluding hydrogens is 705 g/mol. The number of para-hydroxylation sites is 2. The van der Waals surface area contributed by atoms with Crippen molar-refractivity contribution in [3.63, 3.8) is 0 Å². The Morgan fingerprint density at radius 2 is 1.16 bits per heavy atom. The molecule has 0 aliphatic heterocycles. The molecule has 4 aromatic heterocycles. The van der Waals surface area contributed by atoms with Crippen LogP contribution in [-0.2, 0) is 7.05 Å². The summed E-state index contributed by atoms with van der Waals surface area (Å²) in [5.74, 6) is 1.88. The molecule has 0 N–H and O–H groups in total. The van der Waals surface area contributed by atoms with Gasteiger partial charge in [-0.15, -0.1) is 11.3 Å². The van der Waals surface area contributed by atoms with Gasteiger partial charge in [0, 0.05) is 49.8 Å². The van der Waals surface area contributed by atoms with E-state index in [-0.39, 0.29) is 0 Å². The lowest BCUT2D eigenvalue weighted by Crippen LogP contribution is -2.74. The van der Waals surface area contributed by atoms with Crippen LogP contribution in [0.3, 0.4) is 0 Å². The molecule has 0 amide bonds. The van der Waals surface area contributed by atoms with E-state index < -0.39 is 8.07 Å². The number of pyridine rings is 1.